The second-order valence-corrected chi connectivity index (χ2v) is 4.41. The lowest BCUT2D eigenvalue weighted by Crippen LogP contribution is -2.22. The minimum atomic E-state index is 0.607. The molecule has 1 fully saturated rings. The lowest BCUT2D eigenvalue weighted by atomic mass is 10.1. The molecule has 0 bridgehead atoms. The fourth-order valence-electron chi connectivity index (χ4n) is 2.19. The SMILES string of the molecule is CCOCC1CCN(c2cc(OCC)ncn2)C1. The molecule has 1 aromatic rings. The van der Waals surface area contributed by atoms with E-state index in [-0.39, 0.29) is 0 Å². The number of hydrogen-bond acceptors (Lipinski definition) is 5. The van der Waals surface area contributed by atoms with Crippen molar-refractivity contribution >= 4 is 5.82 Å². The Labute approximate surface area is 108 Å². The van der Waals surface area contributed by atoms with E-state index in [1.165, 1.54) is 0 Å². The van der Waals surface area contributed by atoms with Crippen molar-refractivity contribution in [1.29, 1.82) is 0 Å². The average molecular weight is 251 g/mol. The Morgan fingerprint density at radius 3 is 3.00 bits per heavy atom. The maximum atomic E-state index is 5.48. The Kier molecular flexibility index (Phi) is 4.75. The number of aromatic nitrogens is 2. The number of nitrogens with zero attached hydrogens (tertiary/aromatic N) is 3. The van der Waals surface area contributed by atoms with E-state index in [4.69, 9.17) is 9.47 Å². The van der Waals surface area contributed by atoms with E-state index in [0.717, 1.165) is 38.5 Å². The van der Waals surface area contributed by atoms with Crippen LogP contribution in [0.4, 0.5) is 5.82 Å². The van der Waals surface area contributed by atoms with Crippen molar-refractivity contribution in [1.82, 2.24) is 9.97 Å². The second-order valence-electron chi connectivity index (χ2n) is 4.41. The summed E-state index contributed by atoms with van der Waals surface area (Å²) in [5.41, 5.74) is 0. The van der Waals surface area contributed by atoms with Gasteiger partial charge in [-0.1, -0.05) is 0 Å². The summed E-state index contributed by atoms with van der Waals surface area (Å²) < 4.78 is 10.9. The summed E-state index contributed by atoms with van der Waals surface area (Å²) >= 11 is 0. The molecule has 1 unspecified atom stereocenters. The quantitative estimate of drug-likeness (QED) is 0.770. The molecule has 5 nitrogen and oxygen atoms in total. The molecule has 0 amide bonds. The maximum Gasteiger partial charge on any atom is 0.218 e. The molecule has 1 aromatic heterocycles. The van der Waals surface area contributed by atoms with Gasteiger partial charge in [-0.15, -0.1) is 0 Å². The highest BCUT2D eigenvalue weighted by Crippen LogP contribution is 2.23. The average Bonchev–Trinajstić information content (AvgIpc) is 2.86. The first-order valence-electron chi connectivity index (χ1n) is 6.61. The first kappa shape index (κ1) is 13.1. The van der Waals surface area contributed by atoms with Gasteiger partial charge in [0.15, 0.2) is 0 Å². The van der Waals surface area contributed by atoms with Crippen LogP contribution in [0.5, 0.6) is 5.88 Å². The standard InChI is InChI=1S/C13H21N3O2/c1-3-17-9-11-5-6-16(8-11)12-7-13(18-4-2)15-10-14-12/h7,10-11H,3-6,8-9H2,1-2H3. The molecule has 0 radical (unpaired) electrons. The van der Waals surface area contributed by atoms with Crippen molar-refractivity contribution in [2.75, 3.05) is 37.8 Å². The zero-order chi connectivity index (χ0) is 12.8. The summed E-state index contributed by atoms with van der Waals surface area (Å²) in [5, 5.41) is 0. The highest BCUT2D eigenvalue weighted by molar-refractivity contribution is 5.41. The van der Waals surface area contributed by atoms with Crippen molar-refractivity contribution < 1.29 is 9.47 Å². The van der Waals surface area contributed by atoms with Gasteiger partial charge in [-0.2, -0.15) is 0 Å². The molecule has 1 aliphatic rings. The van der Waals surface area contributed by atoms with Gasteiger partial charge < -0.3 is 14.4 Å². The minimum Gasteiger partial charge on any atom is -0.478 e. The van der Waals surface area contributed by atoms with E-state index in [1.54, 1.807) is 6.33 Å². The van der Waals surface area contributed by atoms with Crippen LogP contribution in [0, 0.1) is 5.92 Å². The molecule has 0 aliphatic carbocycles. The van der Waals surface area contributed by atoms with Crippen LogP contribution in [0.25, 0.3) is 0 Å². The van der Waals surface area contributed by atoms with Gasteiger partial charge in [0.1, 0.15) is 12.1 Å². The monoisotopic (exact) mass is 251 g/mol. The van der Waals surface area contributed by atoms with E-state index in [2.05, 4.69) is 14.9 Å². The molecule has 0 aromatic carbocycles. The zero-order valence-corrected chi connectivity index (χ0v) is 11.1. The molecule has 1 atom stereocenters. The van der Waals surface area contributed by atoms with Gasteiger partial charge in [-0.05, 0) is 20.3 Å². The van der Waals surface area contributed by atoms with E-state index in [0.29, 0.717) is 18.4 Å². The minimum absolute atomic E-state index is 0.607. The Balaban J connectivity index is 1.94. The fourth-order valence-corrected chi connectivity index (χ4v) is 2.19. The van der Waals surface area contributed by atoms with Crippen LogP contribution in [0.1, 0.15) is 20.3 Å². The smallest absolute Gasteiger partial charge is 0.218 e. The van der Waals surface area contributed by atoms with Crippen LogP contribution in [0.15, 0.2) is 12.4 Å². The predicted octanol–water partition coefficient (Wildman–Crippen LogP) is 1.74. The third-order valence-electron chi connectivity index (χ3n) is 3.09. The molecule has 2 heterocycles. The number of rotatable bonds is 6. The molecule has 0 N–H and O–H groups in total. The Bertz CT molecular complexity index is 373. The highest BCUT2D eigenvalue weighted by atomic mass is 16.5. The number of ether oxygens (including phenoxy) is 2. The Morgan fingerprint density at radius 2 is 2.22 bits per heavy atom. The third kappa shape index (κ3) is 3.32. The van der Waals surface area contributed by atoms with Gasteiger partial charge in [-0.3, -0.25) is 0 Å². The van der Waals surface area contributed by atoms with Gasteiger partial charge in [0.05, 0.1) is 13.2 Å². The van der Waals surface area contributed by atoms with E-state index in [9.17, 15) is 0 Å². The fraction of sp³-hybridized carbons (Fsp3) is 0.692. The summed E-state index contributed by atoms with van der Waals surface area (Å²) in [6.45, 7) is 8.28. The number of anilines is 1. The second kappa shape index (κ2) is 6.54. The van der Waals surface area contributed by atoms with Crippen molar-refractivity contribution in [3.8, 4) is 5.88 Å². The van der Waals surface area contributed by atoms with Gasteiger partial charge in [-0.25, -0.2) is 9.97 Å². The van der Waals surface area contributed by atoms with Gasteiger partial charge in [0.2, 0.25) is 5.88 Å². The van der Waals surface area contributed by atoms with E-state index >= 15 is 0 Å². The first-order valence-corrected chi connectivity index (χ1v) is 6.61. The summed E-state index contributed by atoms with van der Waals surface area (Å²) in [4.78, 5) is 10.7. The molecular formula is C13H21N3O2. The van der Waals surface area contributed by atoms with Gasteiger partial charge in [0, 0.05) is 31.7 Å². The van der Waals surface area contributed by atoms with E-state index in [1.807, 2.05) is 19.9 Å². The van der Waals surface area contributed by atoms with Crippen LogP contribution >= 0.6 is 0 Å². The molecule has 1 saturated heterocycles. The molecule has 5 heteroatoms. The van der Waals surface area contributed by atoms with Crippen LogP contribution < -0.4 is 9.64 Å². The Hall–Kier alpha value is -1.36. The molecule has 2 rings (SSSR count). The molecular weight excluding hydrogens is 230 g/mol. The lowest BCUT2D eigenvalue weighted by molar-refractivity contribution is 0.117. The highest BCUT2D eigenvalue weighted by Gasteiger charge is 2.23. The van der Waals surface area contributed by atoms with Crippen LogP contribution in [0.2, 0.25) is 0 Å². The first-order chi connectivity index (χ1) is 8.83. The van der Waals surface area contributed by atoms with Crippen molar-refractivity contribution in [3.05, 3.63) is 12.4 Å². The van der Waals surface area contributed by atoms with Crippen molar-refractivity contribution in [3.63, 3.8) is 0 Å². The largest absolute Gasteiger partial charge is 0.478 e. The van der Waals surface area contributed by atoms with Crippen molar-refractivity contribution in [2.45, 2.75) is 20.3 Å². The molecule has 0 spiro atoms. The maximum absolute atomic E-state index is 5.48. The summed E-state index contributed by atoms with van der Waals surface area (Å²) in [6.07, 6.45) is 2.73. The lowest BCUT2D eigenvalue weighted by Gasteiger charge is -2.17. The molecule has 0 saturated carbocycles. The van der Waals surface area contributed by atoms with Crippen LogP contribution in [-0.4, -0.2) is 42.9 Å². The third-order valence-corrected chi connectivity index (χ3v) is 3.09. The summed E-state index contributed by atoms with van der Waals surface area (Å²) in [7, 11) is 0. The van der Waals surface area contributed by atoms with Crippen LogP contribution in [0.3, 0.4) is 0 Å². The normalized spacial score (nSPS) is 19.2. The molecule has 100 valence electrons. The summed E-state index contributed by atoms with van der Waals surface area (Å²) in [5.74, 6) is 2.21. The Morgan fingerprint density at radius 1 is 1.33 bits per heavy atom. The molecule has 1 aliphatic heterocycles. The van der Waals surface area contributed by atoms with Gasteiger partial charge in [0.25, 0.3) is 0 Å². The van der Waals surface area contributed by atoms with Gasteiger partial charge >= 0.3 is 0 Å². The topological polar surface area (TPSA) is 47.5 Å². The van der Waals surface area contributed by atoms with E-state index < -0.39 is 0 Å². The molecule has 18 heavy (non-hydrogen) atoms. The predicted molar refractivity (Wildman–Crippen MR) is 70.0 cm³/mol. The summed E-state index contributed by atoms with van der Waals surface area (Å²) in [6, 6.07) is 1.91. The number of hydrogen-bond donors (Lipinski definition) is 0. The van der Waals surface area contributed by atoms with Crippen molar-refractivity contribution in [2.24, 2.45) is 5.92 Å². The van der Waals surface area contributed by atoms with Crippen LogP contribution in [-0.2, 0) is 4.74 Å². The zero-order valence-electron chi connectivity index (χ0n) is 11.1.